The van der Waals surface area contributed by atoms with Crippen LogP contribution < -0.4 is 4.74 Å². The van der Waals surface area contributed by atoms with E-state index in [9.17, 15) is 4.39 Å². The first kappa shape index (κ1) is 12.2. The maximum absolute atomic E-state index is 13.1. The van der Waals surface area contributed by atoms with Gasteiger partial charge < -0.3 is 4.74 Å². The molecule has 0 saturated carbocycles. The first-order valence-electron chi connectivity index (χ1n) is 6.07. The first-order valence-corrected chi connectivity index (χ1v) is 6.95. The lowest BCUT2D eigenvalue weighted by molar-refractivity contribution is 0.308. The average Bonchev–Trinajstić information content (AvgIpc) is 2.78. The van der Waals surface area contributed by atoms with Crippen molar-refractivity contribution in [2.75, 3.05) is 0 Å². The molecule has 0 fully saturated rings. The average molecular weight is 272 g/mol. The van der Waals surface area contributed by atoms with Crippen molar-refractivity contribution in [2.45, 2.75) is 13.5 Å². The van der Waals surface area contributed by atoms with Gasteiger partial charge in [0.05, 0.1) is 0 Å². The van der Waals surface area contributed by atoms with Gasteiger partial charge in [0, 0.05) is 10.3 Å². The van der Waals surface area contributed by atoms with Crippen molar-refractivity contribution < 1.29 is 9.13 Å². The quantitative estimate of drug-likeness (QED) is 0.657. The van der Waals surface area contributed by atoms with E-state index in [4.69, 9.17) is 4.74 Å². The molecule has 1 nitrogen and oxygen atoms in total. The molecular weight excluding hydrogens is 259 g/mol. The molecule has 0 aliphatic rings. The molecule has 0 aliphatic heterocycles. The van der Waals surface area contributed by atoms with Crippen molar-refractivity contribution in [1.29, 1.82) is 0 Å². The maximum atomic E-state index is 13.1. The fourth-order valence-electron chi connectivity index (χ4n) is 2.04. The van der Waals surface area contributed by atoms with Gasteiger partial charge in [-0.2, -0.15) is 0 Å². The molecule has 0 spiro atoms. The summed E-state index contributed by atoms with van der Waals surface area (Å²) in [5.41, 5.74) is 2.27. The van der Waals surface area contributed by atoms with Gasteiger partial charge in [-0.25, -0.2) is 4.39 Å². The lowest BCUT2D eigenvalue weighted by Crippen LogP contribution is -1.94. The van der Waals surface area contributed by atoms with Crippen LogP contribution in [0.4, 0.5) is 4.39 Å². The van der Waals surface area contributed by atoms with Crippen molar-refractivity contribution in [3.8, 4) is 5.75 Å². The molecule has 0 amide bonds. The van der Waals surface area contributed by atoms with Crippen molar-refractivity contribution in [3.05, 3.63) is 64.8 Å². The summed E-state index contributed by atoms with van der Waals surface area (Å²) in [4.78, 5) is 0. The first-order chi connectivity index (χ1) is 9.22. The molecule has 0 saturated heterocycles. The minimum Gasteiger partial charge on any atom is -0.489 e. The second-order valence-electron chi connectivity index (χ2n) is 4.51. The highest BCUT2D eigenvalue weighted by molar-refractivity contribution is 7.17. The molecule has 0 aliphatic carbocycles. The van der Waals surface area contributed by atoms with E-state index in [-0.39, 0.29) is 5.82 Å². The third-order valence-corrected chi connectivity index (χ3v) is 4.00. The third-order valence-electron chi connectivity index (χ3n) is 3.00. The summed E-state index contributed by atoms with van der Waals surface area (Å²) in [6, 6.07) is 12.8. The number of hydrogen-bond acceptors (Lipinski definition) is 2. The summed E-state index contributed by atoms with van der Waals surface area (Å²) in [7, 11) is 0. The van der Waals surface area contributed by atoms with Gasteiger partial charge in [-0.15, -0.1) is 11.3 Å². The molecule has 2 aromatic carbocycles. The fourth-order valence-corrected chi connectivity index (χ4v) is 3.01. The maximum Gasteiger partial charge on any atom is 0.124 e. The number of thiophene rings is 1. The Balaban J connectivity index is 1.82. The highest BCUT2D eigenvalue weighted by Crippen LogP contribution is 2.27. The number of hydrogen-bond donors (Lipinski definition) is 0. The molecule has 0 radical (unpaired) electrons. The van der Waals surface area contributed by atoms with Gasteiger partial charge in [0.25, 0.3) is 0 Å². The summed E-state index contributed by atoms with van der Waals surface area (Å²) >= 11 is 1.55. The zero-order valence-corrected chi connectivity index (χ0v) is 11.3. The second-order valence-corrected chi connectivity index (χ2v) is 5.42. The lowest BCUT2D eigenvalue weighted by atomic mass is 10.2. The van der Waals surface area contributed by atoms with E-state index in [0.29, 0.717) is 6.61 Å². The minimum atomic E-state index is -0.194. The van der Waals surface area contributed by atoms with Gasteiger partial charge in [0.2, 0.25) is 0 Å². The monoisotopic (exact) mass is 272 g/mol. The van der Waals surface area contributed by atoms with Gasteiger partial charge >= 0.3 is 0 Å². The van der Waals surface area contributed by atoms with Crippen LogP contribution in [-0.4, -0.2) is 0 Å². The number of aryl methyl sites for hydroxylation is 1. The number of fused-ring (bicyclic) bond motifs is 1. The molecule has 0 unspecified atom stereocenters. The Morgan fingerprint density at radius 2 is 2.05 bits per heavy atom. The Hall–Kier alpha value is -1.87. The standard InChI is InChI=1S/C16H13FOS/c1-11-3-2-4-14(7-11)18-9-12-10-19-16-8-13(17)5-6-15(12)16/h2-8,10H,9H2,1H3. The van der Waals surface area contributed by atoms with Gasteiger partial charge in [0.15, 0.2) is 0 Å². The molecule has 0 N–H and O–H groups in total. The zero-order chi connectivity index (χ0) is 13.2. The van der Waals surface area contributed by atoms with Crippen LogP contribution in [-0.2, 0) is 6.61 Å². The normalized spacial score (nSPS) is 10.8. The van der Waals surface area contributed by atoms with Gasteiger partial charge in [-0.1, -0.05) is 18.2 Å². The van der Waals surface area contributed by atoms with Crippen LogP contribution in [0.25, 0.3) is 10.1 Å². The topological polar surface area (TPSA) is 9.23 Å². The van der Waals surface area contributed by atoms with E-state index in [0.717, 1.165) is 21.4 Å². The zero-order valence-electron chi connectivity index (χ0n) is 10.5. The summed E-state index contributed by atoms with van der Waals surface area (Å²) in [6.07, 6.45) is 0. The molecule has 0 atom stereocenters. The van der Waals surface area contributed by atoms with Gasteiger partial charge in [0.1, 0.15) is 18.2 Å². The molecule has 1 aromatic heterocycles. The molecule has 3 heteroatoms. The predicted molar refractivity (Wildman–Crippen MR) is 77.3 cm³/mol. The van der Waals surface area contributed by atoms with E-state index >= 15 is 0 Å². The summed E-state index contributed by atoms with van der Waals surface area (Å²) in [5.74, 6) is 0.668. The molecule has 96 valence electrons. The molecule has 3 rings (SSSR count). The van der Waals surface area contributed by atoms with Gasteiger partial charge in [-0.3, -0.25) is 0 Å². The van der Waals surface area contributed by atoms with E-state index in [1.54, 1.807) is 17.4 Å². The van der Waals surface area contributed by atoms with Crippen molar-refractivity contribution in [2.24, 2.45) is 0 Å². The molecule has 19 heavy (non-hydrogen) atoms. The van der Waals surface area contributed by atoms with Crippen molar-refractivity contribution >= 4 is 21.4 Å². The van der Waals surface area contributed by atoms with Crippen LogP contribution in [0.15, 0.2) is 47.8 Å². The van der Waals surface area contributed by atoms with Crippen LogP contribution in [0, 0.1) is 12.7 Å². The molecule has 1 heterocycles. The number of halogens is 1. The minimum absolute atomic E-state index is 0.194. The number of ether oxygens (including phenoxy) is 1. The molecule has 3 aromatic rings. The Bertz CT molecular complexity index is 718. The number of rotatable bonds is 3. The van der Waals surface area contributed by atoms with Crippen LogP contribution in [0.1, 0.15) is 11.1 Å². The number of benzene rings is 2. The third kappa shape index (κ3) is 2.61. The summed E-state index contributed by atoms with van der Waals surface area (Å²) in [5, 5.41) is 3.10. The fraction of sp³-hybridized carbons (Fsp3) is 0.125. The van der Waals surface area contributed by atoms with Crippen LogP contribution >= 0.6 is 11.3 Å². The van der Waals surface area contributed by atoms with Crippen molar-refractivity contribution in [1.82, 2.24) is 0 Å². The lowest BCUT2D eigenvalue weighted by Gasteiger charge is -2.06. The SMILES string of the molecule is Cc1cccc(OCc2csc3cc(F)ccc23)c1. The van der Waals surface area contributed by atoms with E-state index in [1.165, 1.54) is 11.6 Å². The summed E-state index contributed by atoms with van der Waals surface area (Å²) < 4.78 is 19.9. The Morgan fingerprint density at radius 3 is 2.89 bits per heavy atom. The Labute approximate surface area is 115 Å². The second kappa shape index (κ2) is 5.02. The smallest absolute Gasteiger partial charge is 0.124 e. The highest BCUT2D eigenvalue weighted by Gasteiger charge is 2.06. The summed E-state index contributed by atoms with van der Waals surface area (Å²) in [6.45, 7) is 2.55. The van der Waals surface area contributed by atoms with Crippen LogP contribution in [0.5, 0.6) is 5.75 Å². The van der Waals surface area contributed by atoms with E-state index < -0.39 is 0 Å². The van der Waals surface area contributed by atoms with Gasteiger partial charge in [-0.05, 0) is 47.5 Å². The van der Waals surface area contributed by atoms with Crippen LogP contribution in [0.3, 0.4) is 0 Å². The van der Waals surface area contributed by atoms with E-state index in [2.05, 4.69) is 0 Å². The largest absolute Gasteiger partial charge is 0.489 e. The van der Waals surface area contributed by atoms with Crippen molar-refractivity contribution in [3.63, 3.8) is 0 Å². The highest BCUT2D eigenvalue weighted by atomic mass is 32.1. The van der Waals surface area contributed by atoms with E-state index in [1.807, 2.05) is 42.6 Å². The molecular formula is C16H13FOS. The Morgan fingerprint density at radius 1 is 1.16 bits per heavy atom. The van der Waals surface area contributed by atoms with Crippen LogP contribution in [0.2, 0.25) is 0 Å². The Kier molecular flexibility index (Phi) is 3.22. The molecule has 0 bridgehead atoms. The predicted octanol–water partition coefficient (Wildman–Crippen LogP) is 4.93.